The highest BCUT2D eigenvalue weighted by atomic mass is 32.2. The molecule has 0 spiro atoms. The highest BCUT2D eigenvalue weighted by molar-refractivity contribution is 7.89. The van der Waals surface area contributed by atoms with Crippen LogP contribution in [0.5, 0.6) is 0 Å². The van der Waals surface area contributed by atoms with E-state index in [1.807, 2.05) is 13.8 Å². The zero-order valence-corrected chi connectivity index (χ0v) is 19.8. The van der Waals surface area contributed by atoms with E-state index in [9.17, 15) is 22.4 Å². The van der Waals surface area contributed by atoms with Crippen LogP contribution in [-0.2, 0) is 24.3 Å². The summed E-state index contributed by atoms with van der Waals surface area (Å²) in [6, 6.07) is 9.97. The van der Waals surface area contributed by atoms with Crippen LogP contribution in [0, 0.1) is 25.6 Å². The van der Waals surface area contributed by atoms with Crippen molar-refractivity contribution in [3.63, 3.8) is 0 Å². The molecule has 0 bridgehead atoms. The molecule has 1 aliphatic heterocycles. The number of hydrogen-bond donors (Lipinski definition) is 1. The minimum absolute atomic E-state index is 0.0894. The van der Waals surface area contributed by atoms with Crippen LogP contribution in [0.15, 0.2) is 47.4 Å². The van der Waals surface area contributed by atoms with E-state index in [0.29, 0.717) is 18.4 Å². The van der Waals surface area contributed by atoms with Crippen LogP contribution >= 0.6 is 0 Å². The summed E-state index contributed by atoms with van der Waals surface area (Å²) in [6.07, 6.45) is 0.641. The molecular formula is C24H29FN2O5S. The van der Waals surface area contributed by atoms with Crippen LogP contribution in [0.2, 0.25) is 0 Å². The maximum atomic E-state index is 13.3. The SMILES string of the molecule is COC(=O)CC(NC(=O)C1CCN(S(=O)(=O)c2ccc(C)c(C)c2)CC1)c1ccc(F)cc1. The van der Waals surface area contributed by atoms with E-state index >= 15 is 0 Å². The predicted octanol–water partition coefficient (Wildman–Crippen LogP) is 3.26. The zero-order chi connectivity index (χ0) is 24.2. The van der Waals surface area contributed by atoms with Gasteiger partial charge in [0.1, 0.15) is 5.82 Å². The van der Waals surface area contributed by atoms with Gasteiger partial charge in [-0.15, -0.1) is 0 Å². The maximum absolute atomic E-state index is 13.3. The average molecular weight is 477 g/mol. The fraction of sp³-hybridized carbons (Fsp3) is 0.417. The molecule has 1 aliphatic rings. The molecular weight excluding hydrogens is 447 g/mol. The number of nitrogens with zero attached hydrogens (tertiary/aromatic N) is 1. The van der Waals surface area contributed by atoms with E-state index in [4.69, 9.17) is 4.74 Å². The van der Waals surface area contributed by atoms with Gasteiger partial charge in [-0.2, -0.15) is 4.31 Å². The highest BCUT2D eigenvalue weighted by Gasteiger charge is 2.33. The van der Waals surface area contributed by atoms with Gasteiger partial charge < -0.3 is 10.1 Å². The Bertz CT molecular complexity index is 1110. The standard InChI is InChI=1S/C24H29FN2O5S/c1-16-4-9-21(14-17(16)2)33(30,31)27-12-10-19(11-13-27)24(29)26-22(15-23(28)32-3)18-5-7-20(25)8-6-18/h4-9,14,19,22H,10-13,15H2,1-3H3,(H,26,29). The number of carbonyl (C=O) groups excluding carboxylic acids is 2. The highest BCUT2D eigenvalue weighted by Crippen LogP contribution is 2.26. The van der Waals surface area contributed by atoms with Crippen LogP contribution in [0.4, 0.5) is 4.39 Å². The van der Waals surface area contributed by atoms with Crippen molar-refractivity contribution in [2.24, 2.45) is 5.92 Å². The molecule has 1 fully saturated rings. The Morgan fingerprint density at radius 2 is 1.73 bits per heavy atom. The van der Waals surface area contributed by atoms with Gasteiger partial charge in [-0.1, -0.05) is 18.2 Å². The monoisotopic (exact) mass is 476 g/mol. The zero-order valence-electron chi connectivity index (χ0n) is 19.0. The number of aryl methyl sites for hydroxylation is 2. The summed E-state index contributed by atoms with van der Waals surface area (Å²) in [5, 5.41) is 2.86. The molecule has 1 N–H and O–H groups in total. The Hall–Kier alpha value is -2.78. The Kier molecular flexibility index (Phi) is 7.86. The van der Waals surface area contributed by atoms with E-state index < -0.39 is 33.8 Å². The number of sulfonamides is 1. The predicted molar refractivity (Wildman–Crippen MR) is 121 cm³/mol. The minimum Gasteiger partial charge on any atom is -0.469 e. The van der Waals surface area contributed by atoms with Crippen LogP contribution in [0.1, 0.15) is 42.0 Å². The molecule has 0 aromatic heterocycles. The lowest BCUT2D eigenvalue weighted by Gasteiger charge is -2.31. The van der Waals surface area contributed by atoms with Crippen LogP contribution in [0.25, 0.3) is 0 Å². The van der Waals surface area contributed by atoms with Crippen LogP contribution in [0.3, 0.4) is 0 Å². The fourth-order valence-corrected chi connectivity index (χ4v) is 5.42. The molecule has 3 rings (SSSR count). The number of halogens is 1. The number of methoxy groups -OCH3 is 1. The molecule has 0 saturated carbocycles. The van der Waals surface area contributed by atoms with Crippen molar-refractivity contribution >= 4 is 21.9 Å². The van der Waals surface area contributed by atoms with E-state index in [1.165, 1.54) is 35.7 Å². The third-order valence-electron chi connectivity index (χ3n) is 6.13. The lowest BCUT2D eigenvalue weighted by Crippen LogP contribution is -2.44. The van der Waals surface area contributed by atoms with Gasteiger partial charge in [0.15, 0.2) is 0 Å². The topological polar surface area (TPSA) is 92.8 Å². The summed E-state index contributed by atoms with van der Waals surface area (Å²) < 4.78 is 45.5. The number of amides is 1. The van der Waals surface area contributed by atoms with Gasteiger partial charge in [-0.3, -0.25) is 9.59 Å². The second kappa shape index (κ2) is 10.4. The molecule has 33 heavy (non-hydrogen) atoms. The first kappa shape index (κ1) is 24.9. The van der Waals surface area contributed by atoms with Crippen LogP contribution in [-0.4, -0.2) is 44.8 Å². The number of esters is 1. The largest absolute Gasteiger partial charge is 0.469 e. The van der Waals surface area contributed by atoms with Crippen molar-refractivity contribution in [3.05, 3.63) is 65.0 Å². The molecule has 1 heterocycles. The molecule has 1 atom stereocenters. The van der Waals surface area contributed by atoms with Gasteiger partial charge in [0.2, 0.25) is 15.9 Å². The summed E-state index contributed by atoms with van der Waals surface area (Å²) in [6.45, 7) is 4.25. The summed E-state index contributed by atoms with van der Waals surface area (Å²) in [5.41, 5.74) is 2.51. The van der Waals surface area contributed by atoms with Crippen molar-refractivity contribution in [2.45, 2.75) is 44.0 Å². The van der Waals surface area contributed by atoms with Crippen molar-refractivity contribution in [3.8, 4) is 0 Å². The van der Waals surface area contributed by atoms with Gasteiger partial charge in [-0.05, 0) is 67.6 Å². The third kappa shape index (κ3) is 5.97. The second-order valence-electron chi connectivity index (χ2n) is 8.32. The lowest BCUT2D eigenvalue weighted by molar-refractivity contribution is -0.141. The first-order valence-corrected chi connectivity index (χ1v) is 12.3. The lowest BCUT2D eigenvalue weighted by atomic mass is 9.95. The number of carbonyl (C=O) groups is 2. The summed E-state index contributed by atoms with van der Waals surface area (Å²) in [5.74, 6) is -1.58. The fourth-order valence-electron chi connectivity index (χ4n) is 3.87. The quantitative estimate of drug-likeness (QED) is 0.620. The molecule has 7 nitrogen and oxygen atoms in total. The molecule has 0 radical (unpaired) electrons. The van der Waals surface area contributed by atoms with E-state index in [1.54, 1.807) is 18.2 Å². The molecule has 0 aliphatic carbocycles. The van der Waals surface area contributed by atoms with Gasteiger partial charge in [0.05, 0.1) is 24.5 Å². The third-order valence-corrected chi connectivity index (χ3v) is 8.02. The number of ether oxygens (including phenoxy) is 1. The molecule has 1 saturated heterocycles. The van der Waals surface area contributed by atoms with Gasteiger partial charge in [0.25, 0.3) is 0 Å². The first-order valence-electron chi connectivity index (χ1n) is 10.8. The molecule has 2 aromatic rings. The van der Waals surface area contributed by atoms with Gasteiger partial charge in [-0.25, -0.2) is 12.8 Å². The van der Waals surface area contributed by atoms with Gasteiger partial charge in [0, 0.05) is 19.0 Å². The number of rotatable bonds is 7. The Balaban J connectivity index is 1.66. The van der Waals surface area contributed by atoms with Crippen molar-refractivity contribution in [1.82, 2.24) is 9.62 Å². The summed E-state index contributed by atoms with van der Waals surface area (Å²) >= 11 is 0. The van der Waals surface area contributed by atoms with Crippen molar-refractivity contribution in [2.75, 3.05) is 20.2 Å². The summed E-state index contributed by atoms with van der Waals surface area (Å²) in [7, 11) is -2.37. The normalized spacial score (nSPS) is 16.2. The Morgan fingerprint density at radius 3 is 2.30 bits per heavy atom. The van der Waals surface area contributed by atoms with E-state index in [-0.39, 0.29) is 30.3 Å². The van der Waals surface area contributed by atoms with Crippen LogP contribution < -0.4 is 5.32 Å². The number of benzene rings is 2. The van der Waals surface area contributed by atoms with Crippen molar-refractivity contribution in [1.29, 1.82) is 0 Å². The van der Waals surface area contributed by atoms with Gasteiger partial charge >= 0.3 is 5.97 Å². The second-order valence-corrected chi connectivity index (χ2v) is 10.3. The summed E-state index contributed by atoms with van der Waals surface area (Å²) in [4.78, 5) is 25.0. The molecule has 1 amide bonds. The Morgan fingerprint density at radius 1 is 1.09 bits per heavy atom. The maximum Gasteiger partial charge on any atom is 0.307 e. The first-order chi connectivity index (χ1) is 15.6. The number of nitrogens with one attached hydrogen (secondary N) is 1. The molecule has 2 aromatic carbocycles. The molecule has 1 unspecified atom stereocenters. The smallest absolute Gasteiger partial charge is 0.307 e. The number of piperidine rings is 1. The molecule has 9 heteroatoms. The van der Waals surface area contributed by atoms with E-state index in [2.05, 4.69) is 5.32 Å². The minimum atomic E-state index is -3.63. The van der Waals surface area contributed by atoms with Crippen molar-refractivity contribution < 1.29 is 27.1 Å². The van der Waals surface area contributed by atoms with E-state index in [0.717, 1.165) is 11.1 Å². The Labute approximate surface area is 194 Å². The molecule has 178 valence electrons. The average Bonchev–Trinajstić information content (AvgIpc) is 2.80. The number of hydrogen-bond acceptors (Lipinski definition) is 5.